The molecule has 0 aliphatic heterocycles. The molecular formula is C17H20N4O2. The summed E-state index contributed by atoms with van der Waals surface area (Å²) in [5, 5.41) is 5.97. The monoisotopic (exact) mass is 312 g/mol. The molecule has 0 saturated heterocycles. The second-order valence-electron chi connectivity index (χ2n) is 5.04. The smallest absolute Gasteiger partial charge is 0.251 e. The largest absolute Gasteiger partial charge is 0.381 e. The zero-order valence-corrected chi connectivity index (χ0v) is 12.7. The van der Waals surface area contributed by atoms with Gasteiger partial charge in [0.15, 0.2) is 0 Å². The SMILES string of the molecule is NCCNC(=O)c1ccc(NCc2ccc(C(N)=O)cc2)cc1. The van der Waals surface area contributed by atoms with Crippen molar-refractivity contribution in [2.24, 2.45) is 11.5 Å². The van der Waals surface area contributed by atoms with E-state index >= 15 is 0 Å². The van der Waals surface area contributed by atoms with Crippen LogP contribution in [0.5, 0.6) is 0 Å². The van der Waals surface area contributed by atoms with E-state index in [1.54, 1.807) is 24.3 Å². The first-order chi connectivity index (χ1) is 11.1. The summed E-state index contributed by atoms with van der Waals surface area (Å²) < 4.78 is 0. The fourth-order valence-corrected chi connectivity index (χ4v) is 2.02. The van der Waals surface area contributed by atoms with Gasteiger partial charge in [0.2, 0.25) is 5.91 Å². The minimum absolute atomic E-state index is 0.135. The lowest BCUT2D eigenvalue weighted by Gasteiger charge is -2.08. The molecule has 0 fully saturated rings. The van der Waals surface area contributed by atoms with Crippen LogP contribution >= 0.6 is 0 Å². The van der Waals surface area contributed by atoms with Crippen LogP contribution < -0.4 is 22.1 Å². The Morgan fingerprint density at radius 3 is 2.09 bits per heavy atom. The average Bonchev–Trinajstić information content (AvgIpc) is 2.58. The molecule has 6 N–H and O–H groups in total. The van der Waals surface area contributed by atoms with Gasteiger partial charge in [0, 0.05) is 36.4 Å². The normalized spacial score (nSPS) is 10.1. The second-order valence-corrected chi connectivity index (χ2v) is 5.04. The summed E-state index contributed by atoms with van der Waals surface area (Å²) >= 11 is 0. The van der Waals surface area contributed by atoms with Gasteiger partial charge in [-0.2, -0.15) is 0 Å². The third-order valence-electron chi connectivity index (χ3n) is 3.31. The standard InChI is InChI=1S/C17H20N4O2/c18-9-10-20-17(23)14-5-7-15(8-6-14)21-11-12-1-3-13(4-2-12)16(19)22/h1-8,21H,9-11,18H2,(H2,19,22)(H,20,23). The van der Waals surface area contributed by atoms with Gasteiger partial charge in [0.1, 0.15) is 0 Å². The maximum atomic E-state index is 11.8. The van der Waals surface area contributed by atoms with E-state index in [2.05, 4.69) is 10.6 Å². The number of hydrogen-bond donors (Lipinski definition) is 4. The van der Waals surface area contributed by atoms with E-state index in [0.29, 0.717) is 30.8 Å². The van der Waals surface area contributed by atoms with Crippen molar-refractivity contribution < 1.29 is 9.59 Å². The summed E-state index contributed by atoms with van der Waals surface area (Å²) in [6.45, 7) is 1.48. The van der Waals surface area contributed by atoms with Crippen LogP contribution in [0.3, 0.4) is 0 Å². The molecule has 6 heteroatoms. The maximum absolute atomic E-state index is 11.8. The molecule has 2 amide bonds. The van der Waals surface area contributed by atoms with E-state index in [0.717, 1.165) is 11.3 Å². The molecule has 0 spiro atoms. The van der Waals surface area contributed by atoms with Crippen LogP contribution in [0.15, 0.2) is 48.5 Å². The van der Waals surface area contributed by atoms with Gasteiger partial charge in [-0.25, -0.2) is 0 Å². The number of benzene rings is 2. The predicted molar refractivity (Wildman–Crippen MR) is 90.1 cm³/mol. The zero-order chi connectivity index (χ0) is 16.7. The van der Waals surface area contributed by atoms with Crippen molar-refractivity contribution >= 4 is 17.5 Å². The Morgan fingerprint density at radius 1 is 0.913 bits per heavy atom. The number of amides is 2. The molecule has 0 atom stereocenters. The highest BCUT2D eigenvalue weighted by molar-refractivity contribution is 5.94. The maximum Gasteiger partial charge on any atom is 0.251 e. The highest BCUT2D eigenvalue weighted by Crippen LogP contribution is 2.12. The summed E-state index contributed by atoms with van der Waals surface area (Å²) in [7, 11) is 0. The van der Waals surface area contributed by atoms with E-state index in [-0.39, 0.29) is 5.91 Å². The number of nitrogens with one attached hydrogen (secondary N) is 2. The lowest BCUT2D eigenvalue weighted by atomic mass is 10.1. The zero-order valence-electron chi connectivity index (χ0n) is 12.7. The first-order valence-corrected chi connectivity index (χ1v) is 7.31. The van der Waals surface area contributed by atoms with Crippen LogP contribution in [0.2, 0.25) is 0 Å². The van der Waals surface area contributed by atoms with Crippen molar-refractivity contribution in [2.45, 2.75) is 6.54 Å². The van der Waals surface area contributed by atoms with E-state index in [1.807, 2.05) is 24.3 Å². The first kappa shape index (κ1) is 16.5. The first-order valence-electron chi connectivity index (χ1n) is 7.31. The number of rotatable bonds is 7. The summed E-state index contributed by atoms with van der Waals surface area (Å²) in [6, 6.07) is 14.3. The van der Waals surface area contributed by atoms with Crippen LogP contribution in [0, 0.1) is 0 Å². The number of primary amides is 1. The molecule has 0 bridgehead atoms. The fraction of sp³-hybridized carbons (Fsp3) is 0.176. The van der Waals surface area contributed by atoms with Gasteiger partial charge in [-0.15, -0.1) is 0 Å². The quantitative estimate of drug-likeness (QED) is 0.613. The van der Waals surface area contributed by atoms with E-state index in [4.69, 9.17) is 11.5 Å². The summed E-state index contributed by atoms with van der Waals surface area (Å²) in [5.74, 6) is -0.572. The number of hydrogen-bond acceptors (Lipinski definition) is 4. The molecule has 120 valence electrons. The Hall–Kier alpha value is -2.86. The number of carbonyl (C=O) groups excluding carboxylic acids is 2. The van der Waals surface area contributed by atoms with Crippen molar-refractivity contribution in [3.05, 3.63) is 65.2 Å². The minimum atomic E-state index is -0.437. The van der Waals surface area contributed by atoms with Crippen LogP contribution in [0.4, 0.5) is 5.69 Å². The van der Waals surface area contributed by atoms with Gasteiger partial charge < -0.3 is 22.1 Å². The van der Waals surface area contributed by atoms with Crippen molar-refractivity contribution in [1.29, 1.82) is 0 Å². The lowest BCUT2D eigenvalue weighted by molar-refractivity contribution is 0.0953. The van der Waals surface area contributed by atoms with Crippen LogP contribution in [0.25, 0.3) is 0 Å². The molecule has 0 aliphatic carbocycles. The molecular weight excluding hydrogens is 292 g/mol. The van der Waals surface area contributed by atoms with Crippen LogP contribution in [0.1, 0.15) is 26.3 Å². The number of nitrogens with two attached hydrogens (primary N) is 2. The topological polar surface area (TPSA) is 110 Å². The summed E-state index contributed by atoms with van der Waals surface area (Å²) in [6.07, 6.45) is 0. The molecule has 6 nitrogen and oxygen atoms in total. The molecule has 2 rings (SSSR count). The van der Waals surface area contributed by atoms with Crippen LogP contribution in [-0.2, 0) is 6.54 Å². The second kappa shape index (κ2) is 7.95. The predicted octanol–water partition coefficient (Wildman–Crippen LogP) is 1.09. The van der Waals surface area contributed by atoms with Gasteiger partial charge in [0.05, 0.1) is 0 Å². The molecule has 0 heterocycles. The molecule has 0 radical (unpaired) electrons. The Morgan fingerprint density at radius 2 is 1.52 bits per heavy atom. The van der Waals surface area contributed by atoms with Crippen molar-refractivity contribution in [3.8, 4) is 0 Å². The van der Waals surface area contributed by atoms with E-state index in [9.17, 15) is 9.59 Å². The van der Waals surface area contributed by atoms with Gasteiger partial charge in [-0.3, -0.25) is 9.59 Å². The molecule has 0 saturated carbocycles. The number of anilines is 1. The highest BCUT2D eigenvalue weighted by atomic mass is 16.2. The highest BCUT2D eigenvalue weighted by Gasteiger charge is 2.04. The van der Waals surface area contributed by atoms with Gasteiger partial charge in [-0.05, 0) is 42.0 Å². The van der Waals surface area contributed by atoms with E-state index < -0.39 is 5.91 Å². The minimum Gasteiger partial charge on any atom is -0.381 e. The average molecular weight is 312 g/mol. The van der Waals surface area contributed by atoms with E-state index in [1.165, 1.54) is 0 Å². The summed E-state index contributed by atoms with van der Waals surface area (Å²) in [5.41, 5.74) is 13.6. The van der Waals surface area contributed by atoms with Crippen molar-refractivity contribution in [3.63, 3.8) is 0 Å². The molecule has 23 heavy (non-hydrogen) atoms. The van der Waals surface area contributed by atoms with Crippen LogP contribution in [-0.4, -0.2) is 24.9 Å². The third kappa shape index (κ3) is 4.82. The Balaban J connectivity index is 1.90. The Bertz CT molecular complexity index is 666. The molecule has 0 aromatic heterocycles. The molecule has 0 aliphatic rings. The Labute approximate surface area is 134 Å². The molecule has 2 aromatic carbocycles. The Kier molecular flexibility index (Phi) is 5.71. The lowest BCUT2D eigenvalue weighted by Crippen LogP contribution is -2.28. The summed E-state index contributed by atoms with van der Waals surface area (Å²) in [4.78, 5) is 22.8. The molecule has 2 aromatic rings. The van der Waals surface area contributed by atoms with Gasteiger partial charge in [0.25, 0.3) is 5.91 Å². The van der Waals surface area contributed by atoms with Gasteiger partial charge in [-0.1, -0.05) is 12.1 Å². The van der Waals surface area contributed by atoms with Crippen molar-refractivity contribution in [1.82, 2.24) is 5.32 Å². The third-order valence-corrected chi connectivity index (χ3v) is 3.31. The van der Waals surface area contributed by atoms with Crippen molar-refractivity contribution in [2.75, 3.05) is 18.4 Å². The fourth-order valence-electron chi connectivity index (χ4n) is 2.02. The molecule has 0 unspecified atom stereocenters. The van der Waals surface area contributed by atoms with Gasteiger partial charge >= 0.3 is 0 Å². The number of carbonyl (C=O) groups is 2.